The molecule has 0 aliphatic carbocycles. The maximum Gasteiger partial charge on any atom is 0.337 e. The van der Waals surface area contributed by atoms with E-state index in [0.717, 1.165) is 6.08 Å². The molecule has 1 aromatic heterocycles. The van der Waals surface area contributed by atoms with Crippen LogP contribution in [0.3, 0.4) is 0 Å². The minimum atomic E-state index is -1.18. The van der Waals surface area contributed by atoms with Gasteiger partial charge in [0.1, 0.15) is 0 Å². The lowest BCUT2D eigenvalue weighted by molar-refractivity contribution is -0.116. The lowest BCUT2D eigenvalue weighted by atomic mass is 10.0. The lowest BCUT2D eigenvalue weighted by Gasteiger charge is -2.04. The first-order valence-electron chi connectivity index (χ1n) is 8.11. The lowest BCUT2D eigenvalue weighted by Crippen LogP contribution is -2.08. The molecular formula is C21H13Cl2FO3S. The number of thiophene rings is 1. The molecule has 1 N–H and O–H groups in total. The van der Waals surface area contributed by atoms with Gasteiger partial charge in [-0.05, 0) is 46.3 Å². The van der Waals surface area contributed by atoms with Crippen LogP contribution in [0, 0.1) is 0 Å². The van der Waals surface area contributed by atoms with Gasteiger partial charge in [-0.15, -0.1) is 11.3 Å². The molecule has 3 rings (SSSR count). The molecule has 0 atom stereocenters. The van der Waals surface area contributed by atoms with Crippen LogP contribution in [-0.4, -0.2) is 16.9 Å². The fourth-order valence-corrected chi connectivity index (χ4v) is 4.02. The van der Waals surface area contributed by atoms with E-state index in [0.29, 0.717) is 26.0 Å². The second-order valence-electron chi connectivity index (χ2n) is 5.89. The second-order valence-corrected chi connectivity index (χ2v) is 7.61. The van der Waals surface area contributed by atoms with Gasteiger partial charge in [-0.25, -0.2) is 9.18 Å². The number of halogens is 3. The van der Waals surface area contributed by atoms with Gasteiger partial charge in [0.15, 0.2) is 11.6 Å². The Labute approximate surface area is 174 Å². The Morgan fingerprint density at radius 1 is 1.07 bits per heavy atom. The molecule has 28 heavy (non-hydrogen) atoms. The number of carboxylic acids is 1. The van der Waals surface area contributed by atoms with Gasteiger partial charge in [0.05, 0.1) is 5.56 Å². The maximum absolute atomic E-state index is 14.3. The topological polar surface area (TPSA) is 54.4 Å². The third-order valence-electron chi connectivity index (χ3n) is 3.99. The Balaban J connectivity index is 1.90. The SMILES string of the molecule is O=C(Cc1csc(-c2ccc(Cl)cc2)c1C(=O)O)/C(F)=C/c1ccccc1Cl. The Hall–Kier alpha value is -2.47. The van der Waals surface area contributed by atoms with Crippen molar-refractivity contribution in [2.45, 2.75) is 6.42 Å². The van der Waals surface area contributed by atoms with Gasteiger partial charge < -0.3 is 5.11 Å². The van der Waals surface area contributed by atoms with Crippen LogP contribution in [0.2, 0.25) is 10.0 Å². The molecule has 142 valence electrons. The molecule has 0 spiro atoms. The minimum absolute atomic E-state index is 0.00813. The zero-order chi connectivity index (χ0) is 20.3. The summed E-state index contributed by atoms with van der Waals surface area (Å²) in [4.78, 5) is 24.6. The monoisotopic (exact) mass is 434 g/mol. The summed E-state index contributed by atoms with van der Waals surface area (Å²) in [6.45, 7) is 0. The molecule has 0 radical (unpaired) electrons. The fraction of sp³-hybridized carbons (Fsp3) is 0.0476. The molecule has 0 saturated heterocycles. The number of hydrogen-bond donors (Lipinski definition) is 1. The van der Waals surface area contributed by atoms with Gasteiger partial charge in [0, 0.05) is 21.3 Å². The van der Waals surface area contributed by atoms with E-state index in [4.69, 9.17) is 23.2 Å². The Morgan fingerprint density at radius 2 is 1.75 bits per heavy atom. The van der Waals surface area contributed by atoms with E-state index in [1.54, 1.807) is 53.9 Å². The van der Waals surface area contributed by atoms with Crippen molar-refractivity contribution in [2.75, 3.05) is 0 Å². The summed E-state index contributed by atoms with van der Waals surface area (Å²) >= 11 is 13.0. The summed E-state index contributed by atoms with van der Waals surface area (Å²) < 4.78 is 14.3. The largest absolute Gasteiger partial charge is 0.478 e. The van der Waals surface area contributed by atoms with Crippen LogP contribution >= 0.6 is 34.5 Å². The molecule has 7 heteroatoms. The van der Waals surface area contributed by atoms with Crippen LogP contribution in [0.25, 0.3) is 16.5 Å². The zero-order valence-corrected chi connectivity index (χ0v) is 16.6. The molecule has 2 aromatic carbocycles. The van der Waals surface area contributed by atoms with E-state index in [9.17, 15) is 19.1 Å². The Kier molecular flexibility index (Phi) is 6.29. The summed E-state index contributed by atoms with van der Waals surface area (Å²) in [6, 6.07) is 13.2. The van der Waals surface area contributed by atoms with Gasteiger partial charge in [0.2, 0.25) is 0 Å². The van der Waals surface area contributed by atoms with Crippen molar-refractivity contribution in [3.63, 3.8) is 0 Å². The summed E-state index contributed by atoms with van der Waals surface area (Å²) in [5.74, 6) is -2.98. The van der Waals surface area contributed by atoms with Crippen molar-refractivity contribution in [3.8, 4) is 10.4 Å². The van der Waals surface area contributed by atoms with Crippen molar-refractivity contribution in [1.82, 2.24) is 0 Å². The molecule has 1 heterocycles. The molecule has 0 aliphatic heterocycles. The normalized spacial score (nSPS) is 11.5. The van der Waals surface area contributed by atoms with Crippen LogP contribution in [0.4, 0.5) is 4.39 Å². The van der Waals surface area contributed by atoms with Gasteiger partial charge in [-0.2, -0.15) is 0 Å². The van der Waals surface area contributed by atoms with Gasteiger partial charge in [0.25, 0.3) is 0 Å². The molecule has 0 bridgehead atoms. The molecule has 0 unspecified atom stereocenters. The van der Waals surface area contributed by atoms with Crippen molar-refractivity contribution in [2.24, 2.45) is 0 Å². The number of Topliss-reactive ketones (excluding diaryl/α,β-unsaturated/α-hetero) is 1. The predicted molar refractivity (Wildman–Crippen MR) is 111 cm³/mol. The number of rotatable bonds is 6. The molecule has 3 nitrogen and oxygen atoms in total. The summed E-state index contributed by atoms with van der Waals surface area (Å²) in [5.41, 5.74) is 1.29. The highest BCUT2D eigenvalue weighted by molar-refractivity contribution is 7.14. The molecule has 0 saturated carbocycles. The van der Waals surface area contributed by atoms with Crippen LogP contribution < -0.4 is 0 Å². The average molecular weight is 435 g/mol. The maximum atomic E-state index is 14.3. The summed E-state index contributed by atoms with van der Waals surface area (Å²) in [5, 5.41) is 12.0. The molecule has 0 amide bonds. The van der Waals surface area contributed by atoms with Crippen molar-refractivity contribution >= 4 is 52.4 Å². The molecule has 0 aliphatic rings. The fourth-order valence-electron chi connectivity index (χ4n) is 2.64. The van der Waals surface area contributed by atoms with Crippen LogP contribution in [0.5, 0.6) is 0 Å². The molecule has 0 fully saturated rings. The van der Waals surface area contributed by atoms with E-state index in [-0.39, 0.29) is 17.5 Å². The third-order valence-corrected chi connectivity index (χ3v) is 5.67. The van der Waals surface area contributed by atoms with E-state index in [1.807, 2.05) is 0 Å². The van der Waals surface area contributed by atoms with Crippen molar-refractivity contribution in [3.05, 3.63) is 86.5 Å². The number of carboxylic acid groups (broad SMARTS) is 1. The number of carbonyl (C=O) groups excluding carboxylic acids is 1. The number of carbonyl (C=O) groups is 2. The van der Waals surface area contributed by atoms with E-state index in [2.05, 4.69) is 0 Å². The summed E-state index contributed by atoms with van der Waals surface area (Å²) in [6.07, 6.45) is 0.691. The standard InChI is InChI=1S/C21H13Cl2FO3S/c22-15-7-5-12(6-8-15)20-19(21(26)27)14(11-28-20)10-18(25)17(24)9-13-3-1-2-4-16(13)23/h1-9,11H,10H2,(H,26,27)/b17-9-. The van der Waals surface area contributed by atoms with Gasteiger partial charge >= 0.3 is 5.97 Å². The average Bonchev–Trinajstić information content (AvgIpc) is 3.08. The van der Waals surface area contributed by atoms with Gasteiger partial charge in [-0.1, -0.05) is 53.5 Å². The Bertz CT molecular complexity index is 1070. The number of hydrogen-bond acceptors (Lipinski definition) is 3. The van der Waals surface area contributed by atoms with Gasteiger partial charge in [-0.3, -0.25) is 4.79 Å². The number of aromatic carboxylic acids is 1. The third kappa shape index (κ3) is 4.50. The van der Waals surface area contributed by atoms with Crippen molar-refractivity contribution < 1.29 is 19.1 Å². The van der Waals surface area contributed by atoms with Crippen molar-refractivity contribution in [1.29, 1.82) is 0 Å². The summed E-state index contributed by atoms with van der Waals surface area (Å²) in [7, 11) is 0. The number of benzene rings is 2. The highest BCUT2D eigenvalue weighted by Gasteiger charge is 2.22. The first kappa shape index (κ1) is 20.3. The smallest absolute Gasteiger partial charge is 0.337 e. The van der Waals surface area contributed by atoms with E-state index in [1.165, 1.54) is 11.3 Å². The minimum Gasteiger partial charge on any atom is -0.478 e. The highest BCUT2D eigenvalue weighted by Crippen LogP contribution is 2.34. The number of allylic oxidation sites excluding steroid dienone is 1. The first-order valence-corrected chi connectivity index (χ1v) is 9.75. The van der Waals surface area contributed by atoms with Crippen LogP contribution in [0.15, 0.2) is 59.7 Å². The van der Waals surface area contributed by atoms with Crippen LogP contribution in [-0.2, 0) is 11.2 Å². The first-order chi connectivity index (χ1) is 13.4. The van der Waals surface area contributed by atoms with E-state index >= 15 is 0 Å². The van der Waals surface area contributed by atoms with Crippen LogP contribution in [0.1, 0.15) is 21.5 Å². The highest BCUT2D eigenvalue weighted by atomic mass is 35.5. The quantitative estimate of drug-likeness (QED) is 0.447. The zero-order valence-electron chi connectivity index (χ0n) is 14.3. The number of ketones is 1. The molecule has 3 aromatic rings. The predicted octanol–water partition coefficient (Wildman–Crippen LogP) is 6.54. The molecular weight excluding hydrogens is 422 g/mol. The van der Waals surface area contributed by atoms with E-state index < -0.39 is 17.6 Å². The Morgan fingerprint density at radius 3 is 2.39 bits per heavy atom. The second kappa shape index (κ2) is 8.69.